The summed E-state index contributed by atoms with van der Waals surface area (Å²) in [6.45, 7) is 5.88. The van der Waals surface area contributed by atoms with Gasteiger partial charge in [-0.25, -0.2) is 4.98 Å². The molecule has 2 aromatic heterocycles. The maximum Gasteiger partial charge on any atom is 0.251 e. The minimum atomic E-state index is 0.00309. The first kappa shape index (κ1) is 22.3. The number of ether oxygens (including phenoxy) is 2. The van der Waals surface area contributed by atoms with E-state index in [9.17, 15) is 4.79 Å². The quantitative estimate of drug-likeness (QED) is 0.459. The molecule has 3 N–H and O–H groups in total. The molecule has 0 bridgehead atoms. The number of aromatic nitrogens is 3. The third kappa shape index (κ3) is 4.83. The molecular formula is C26H32N6O3. The van der Waals surface area contributed by atoms with E-state index >= 15 is 0 Å². The number of nitrogens with zero attached hydrogens (tertiary/aromatic N) is 3. The van der Waals surface area contributed by atoms with E-state index in [0.29, 0.717) is 25.2 Å². The van der Waals surface area contributed by atoms with Crippen molar-refractivity contribution in [2.24, 2.45) is 5.92 Å². The largest absolute Gasteiger partial charge is 0.381 e. The third-order valence-electron chi connectivity index (χ3n) is 7.07. The van der Waals surface area contributed by atoms with Gasteiger partial charge in [0.05, 0.1) is 25.5 Å². The number of aryl methyl sites for hydroxylation is 1. The molecule has 184 valence electrons. The summed E-state index contributed by atoms with van der Waals surface area (Å²) in [7, 11) is 0. The highest BCUT2D eigenvalue weighted by molar-refractivity contribution is 5.97. The summed E-state index contributed by atoms with van der Waals surface area (Å²) in [4.78, 5) is 17.5. The van der Waals surface area contributed by atoms with Crippen LogP contribution in [0, 0.1) is 12.8 Å². The lowest BCUT2D eigenvalue weighted by Gasteiger charge is -2.27. The van der Waals surface area contributed by atoms with Crippen LogP contribution in [0.4, 0.5) is 11.6 Å². The molecule has 2 saturated heterocycles. The lowest BCUT2D eigenvalue weighted by Crippen LogP contribution is -2.40. The maximum absolute atomic E-state index is 12.6. The van der Waals surface area contributed by atoms with E-state index in [-0.39, 0.29) is 11.9 Å². The Hall–Kier alpha value is -3.17. The van der Waals surface area contributed by atoms with Crippen LogP contribution in [-0.4, -0.2) is 65.6 Å². The van der Waals surface area contributed by atoms with Crippen molar-refractivity contribution in [3.8, 4) is 11.1 Å². The number of fused-ring (bicyclic) bond motifs is 1. The summed E-state index contributed by atoms with van der Waals surface area (Å²) in [6, 6.07) is 8.58. The summed E-state index contributed by atoms with van der Waals surface area (Å²) < 4.78 is 12.7. The molecule has 3 aromatic rings. The van der Waals surface area contributed by atoms with Crippen LogP contribution in [0.5, 0.6) is 0 Å². The molecule has 4 heterocycles. The van der Waals surface area contributed by atoms with Crippen molar-refractivity contribution in [3.05, 3.63) is 41.6 Å². The first-order chi connectivity index (χ1) is 17.1. The molecule has 1 amide bonds. The van der Waals surface area contributed by atoms with E-state index in [2.05, 4.69) is 27.1 Å². The minimum Gasteiger partial charge on any atom is -0.381 e. The van der Waals surface area contributed by atoms with E-state index in [1.165, 1.54) is 0 Å². The third-order valence-corrected chi connectivity index (χ3v) is 7.07. The highest BCUT2D eigenvalue weighted by Crippen LogP contribution is 2.30. The smallest absolute Gasteiger partial charge is 0.251 e. The van der Waals surface area contributed by atoms with Crippen molar-refractivity contribution in [2.75, 3.05) is 43.6 Å². The van der Waals surface area contributed by atoms with Crippen LogP contribution in [-0.2, 0) is 9.47 Å². The minimum absolute atomic E-state index is 0.00309. The van der Waals surface area contributed by atoms with E-state index in [1.54, 1.807) is 0 Å². The van der Waals surface area contributed by atoms with Crippen LogP contribution in [0.15, 0.2) is 30.5 Å². The zero-order valence-electron chi connectivity index (χ0n) is 20.0. The molecule has 35 heavy (non-hydrogen) atoms. The van der Waals surface area contributed by atoms with Crippen LogP contribution in [0.25, 0.3) is 16.8 Å². The number of benzene rings is 1. The predicted octanol–water partition coefficient (Wildman–Crippen LogP) is 3.25. The molecule has 0 atom stereocenters. The van der Waals surface area contributed by atoms with Crippen molar-refractivity contribution in [3.63, 3.8) is 0 Å². The molecule has 6 rings (SSSR count). The van der Waals surface area contributed by atoms with Gasteiger partial charge in [0, 0.05) is 43.0 Å². The number of hydrogen-bond donors (Lipinski definition) is 3. The van der Waals surface area contributed by atoms with E-state index in [0.717, 1.165) is 85.0 Å². The van der Waals surface area contributed by atoms with Gasteiger partial charge < -0.3 is 25.4 Å². The molecule has 0 unspecified atom stereocenters. The van der Waals surface area contributed by atoms with Crippen molar-refractivity contribution < 1.29 is 14.3 Å². The lowest BCUT2D eigenvalue weighted by molar-refractivity contribution is 0.0209. The van der Waals surface area contributed by atoms with Gasteiger partial charge in [0.25, 0.3) is 5.91 Å². The number of carbonyl (C=O) groups excluding carboxylic acids is 1. The van der Waals surface area contributed by atoms with Gasteiger partial charge in [0.1, 0.15) is 11.6 Å². The second kappa shape index (κ2) is 9.47. The normalized spacial score (nSPS) is 18.9. The summed E-state index contributed by atoms with van der Waals surface area (Å²) >= 11 is 0. The molecule has 9 heteroatoms. The Kier molecular flexibility index (Phi) is 6.03. The molecule has 2 aliphatic heterocycles. The van der Waals surface area contributed by atoms with Gasteiger partial charge in [-0.2, -0.15) is 9.61 Å². The maximum atomic E-state index is 12.6. The Bertz CT molecular complexity index is 1230. The highest BCUT2D eigenvalue weighted by atomic mass is 16.5. The Morgan fingerprint density at radius 1 is 1.09 bits per heavy atom. The number of nitrogens with one attached hydrogen (secondary N) is 3. The van der Waals surface area contributed by atoms with Gasteiger partial charge in [0.15, 0.2) is 5.65 Å². The molecule has 1 saturated carbocycles. The van der Waals surface area contributed by atoms with Crippen molar-refractivity contribution in [1.82, 2.24) is 19.9 Å². The number of carbonyl (C=O) groups is 1. The fourth-order valence-electron chi connectivity index (χ4n) is 4.67. The number of amides is 1. The van der Waals surface area contributed by atoms with E-state index < -0.39 is 0 Å². The number of anilines is 2. The van der Waals surface area contributed by atoms with Crippen LogP contribution < -0.4 is 16.0 Å². The van der Waals surface area contributed by atoms with Crippen LogP contribution >= 0.6 is 0 Å². The zero-order chi connectivity index (χ0) is 23.8. The lowest BCUT2D eigenvalue weighted by atomic mass is 10.0. The Morgan fingerprint density at radius 3 is 2.63 bits per heavy atom. The van der Waals surface area contributed by atoms with Gasteiger partial charge in [-0.15, -0.1) is 0 Å². The fraction of sp³-hybridized carbons (Fsp3) is 0.500. The summed E-state index contributed by atoms with van der Waals surface area (Å²) in [5.74, 6) is 2.30. The Morgan fingerprint density at radius 2 is 1.91 bits per heavy atom. The summed E-state index contributed by atoms with van der Waals surface area (Å²) in [5.41, 5.74) is 4.37. The van der Waals surface area contributed by atoms with Gasteiger partial charge in [-0.1, -0.05) is 12.1 Å². The predicted molar refractivity (Wildman–Crippen MR) is 134 cm³/mol. The number of hydrogen-bond acceptors (Lipinski definition) is 7. The molecule has 9 nitrogen and oxygen atoms in total. The number of rotatable bonds is 8. The average molecular weight is 477 g/mol. The SMILES string of the molecule is Cc1cc(-c2cnn3c(NCC4CCOCC4)cc(NC4COC4)nc23)ccc1C(=O)NC1CC1. The van der Waals surface area contributed by atoms with Crippen LogP contribution in [0.3, 0.4) is 0 Å². The molecular weight excluding hydrogens is 444 g/mol. The van der Waals surface area contributed by atoms with Gasteiger partial charge in [-0.05, 0) is 55.7 Å². The monoisotopic (exact) mass is 476 g/mol. The second-order valence-electron chi connectivity index (χ2n) is 9.91. The van der Waals surface area contributed by atoms with E-state index in [1.807, 2.05) is 35.8 Å². The molecule has 0 radical (unpaired) electrons. The fourth-order valence-corrected chi connectivity index (χ4v) is 4.67. The first-order valence-electron chi connectivity index (χ1n) is 12.6. The molecule has 3 aliphatic rings. The molecule has 1 aliphatic carbocycles. The molecule has 0 spiro atoms. The zero-order valence-corrected chi connectivity index (χ0v) is 20.0. The van der Waals surface area contributed by atoms with Crippen molar-refractivity contribution in [1.29, 1.82) is 0 Å². The Labute approximate surface area is 204 Å². The molecule has 3 fully saturated rings. The standard InChI is InChI=1S/C26H32N6O3/c1-16-10-18(2-5-21(16)26(33)30-19-3-4-19)22-13-28-32-24(27-12-17-6-8-34-9-7-17)11-23(31-25(22)32)29-20-14-35-15-20/h2,5,10-11,13,17,19-20,27H,3-4,6-9,12,14-15H2,1H3,(H,29,31)(H,30,33). The van der Waals surface area contributed by atoms with Crippen molar-refractivity contribution >= 4 is 23.2 Å². The van der Waals surface area contributed by atoms with Gasteiger partial charge >= 0.3 is 0 Å². The van der Waals surface area contributed by atoms with Gasteiger partial charge in [-0.3, -0.25) is 4.79 Å². The topological polar surface area (TPSA) is 102 Å². The Balaban J connectivity index is 1.31. The van der Waals surface area contributed by atoms with Crippen LogP contribution in [0.1, 0.15) is 41.6 Å². The summed E-state index contributed by atoms with van der Waals surface area (Å²) in [5, 5.41) is 14.9. The average Bonchev–Trinajstić information content (AvgIpc) is 3.55. The summed E-state index contributed by atoms with van der Waals surface area (Å²) in [6.07, 6.45) is 6.14. The molecule has 1 aromatic carbocycles. The van der Waals surface area contributed by atoms with Crippen molar-refractivity contribution in [2.45, 2.75) is 44.7 Å². The van der Waals surface area contributed by atoms with Gasteiger partial charge in [0.2, 0.25) is 0 Å². The second-order valence-corrected chi connectivity index (χ2v) is 9.91. The first-order valence-corrected chi connectivity index (χ1v) is 12.6. The highest BCUT2D eigenvalue weighted by Gasteiger charge is 2.25. The van der Waals surface area contributed by atoms with E-state index in [4.69, 9.17) is 14.5 Å². The van der Waals surface area contributed by atoms with Crippen LogP contribution in [0.2, 0.25) is 0 Å².